The van der Waals surface area contributed by atoms with Gasteiger partial charge in [0.2, 0.25) is 6.79 Å². The van der Waals surface area contributed by atoms with Crippen LogP contribution in [0, 0.1) is 0 Å². The van der Waals surface area contributed by atoms with Gasteiger partial charge in [-0.25, -0.2) is 4.79 Å². The van der Waals surface area contributed by atoms with E-state index < -0.39 is 12.1 Å². The van der Waals surface area contributed by atoms with Crippen LogP contribution in [0.1, 0.15) is 31.7 Å². The Morgan fingerprint density at radius 1 is 1.23 bits per heavy atom. The molecule has 0 aromatic heterocycles. The van der Waals surface area contributed by atoms with Crippen molar-refractivity contribution in [3.8, 4) is 11.5 Å². The maximum absolute atomic E-state index is 10.6. The molecule has 3 aliphatic heterocycles. The van der Waals surface area contributed by atoms with Gasteiger partial charge in [0.15, 0.2) is 11.5 Å². The number of rotatable bonds is 5. The van der Waals surface area contributed by atoms with E-state index in [1.54, 1.807) is 0 Å². The highest BCUT2D eigenvalue weighted by molar-refractivity contribution is 5.73. The van der Waals surface area contributed by atoms with E-state index in [-0.39, 0.29) is 6.10 Å². The summed E-state index contributed by atoms with van der Waals surface area (Å²) < 4.78 is 54.4. The summed E-state index contributed by atoms with van der Waals surface area (Å²) >= 11 is 0. The molecule has 0 saturated carbocycles. The molecule has 168 valence electrons. The summed E-state index contributed by atoms with van der Waals surface area (Å²) in [6.07, 6.45) is -1.02. The molecule has 3 heterocycles. The zero-order valence-electron chi connectivity index (χ0n) is 16.7. The Kier molecular flexibility index (Phi) is 7.43. The third-order valence-electron chi connectivity index (χ3n) is 5.32. The number of likely N-dealkylation sites (tertiary alicyclic amines) is 1. The predicted molar refractivity (Wildman–Crippen MR) is 99.5 cm³/mol. The average Bonchev–Trinajstić information content (AvgIpc) is 3.32. The minimum atomic E-state index is -5.08. The summed E-state index contributed by atoms with van der Waals surface area (Å²) in [5.41, 5.74) is 1.28. The Labute approximate surface area is 172 Å². The summed E-state index contributed by atoms with van der Waals surface area (Å²) in [6.45, 7) is 5.94. The second-order valence-electron chi connectivity index (χ2n) is 7.35. The molecule has 0 bridgehead atoms. The fourth-order valence-electron chi connectivity index (χ4n) is 3.93. The highest BCUT2D eigenvalue weighted by atomic mass is 19.4. The molecule has 3 atom stereocenters. The van der Waals surface area contributed by atoms with Crippen molar-refractivity contribution in [1.82, 2.24) is 4.90 Å². The van der Waals surface area contributed by atoms with Crippen molar-refractivity contribution in [3.63, 3.8) is 0 Å². The SMILES string of the molecule is CCOC[C@@H]1CC[C@H]2[C@H](CCN2Cc2ccc3c(c2)OCO3)O1.O=C(O)C(F)(F)F. The van der Waals surface area contributed by atoms with Crippen LogP contribution in [-0.4, -0.2) is 67.0 Å². The molecular formula is C20H26F3NO6. The molecule has 30 heavy (non-hydrogen) atoms. The van der Waals surface area contributed by atoms with Gasteiger partial charge >= 0.3 is 12.1 Å². The number of carboxylic acids is 1. The first kappa shape index (κ1) is 22.6. The molecule has 0 unspecified atom stereocenters. The number of halogens is 3. The number of ether oxygens (including phenoxy) is 4. The van der Waals surface area contributed by atoms with Gasteiger partial charge in [-0.15, -0.1) is 0 Å². The van der Waals surface area contributed by atoms with E-state index >= 15 is 0 Å². The second kappa shape index (κ2) is 9.84. The number of fused-ring (bicyclic) bond motifs is 2. The summed E-state index contributed by atoms with van der Waals surface area (Å²) in [7, 11) is 0. The zero-order chi connectivity index (χ0) is 21.7. The number of hydrogen-bond acceptors (Lipinski definition) is 6. The maximum Gasteiger partial charge on any atom is 0.490 e. The Morgan fingerprint density at radius 2 is 1.97 bits per heavy atom. The van der Waals surface area contributed by atoms with E-state index in [2.05, 4.69) is 17.0 Å². The molecule has 0 amide bonds. The molecule has 7 nitrogen and oxygen atoms in total. The second-order valence-corrected chi connectivity index (χ2v) is 7.35. The number of benzene rings is 1. The maximum atomic E-state index is 10.6. The molecule has 2 saturated heterocycles. The summed E-state index contributed by atoms with van der Waals surface area (Å²) in [5, 5.41) is 7.12. The van der Waals surface area contributed by atoms with Gasteiger partial charge in [-0.05, 0) is 43.9 Å². The molecule has 0 spiro atoms. The first-order valence-corrected chi connectivity index (χ1v) is 9.93. The summed E-state index contributed by atoms with van der Waals surface area (Å²) in [6, 6.07) is 6.80. The smallest absolute Gasteiger partial charge is 0.475 e. The highest BCUT2D eigenvalue weighted by Gasteiger charge is 2.40. The topological polar surface area (TPSA) is 77.5 Å². The van der Waals surface area contributed by atoms with Crippen LogP contribution in [0.15, 0.2) is 18.2 Å². The van der Waals surface area contributed by atoms with E-state index in [4.69, 9.17) is 28.8 Å². The first-order valence-electron chi connectivity index (χ1n) is 9.93. The number of nitrogens with zero attached hydrogens (tertiary/aromatic N) is 1. The summed E-state index contributed by atoms with van der Waals surface area (Å²) in [4.78, 5) is 11.5. The van der Waals surface area contributed by atoms with Crippen LogP contribution in [0.2, 0.25) is 0 Å². The van der Waals surface area contributed by atoms with Crippen LogP contribution in [0.5, 0.6) is 11.5 Å². The molecule has 0 aliphatic carbocycles. The minimum Gasteiger partial charge on any atom is -0.475 e. The monoisotopic (exact) mass is 433 g/mol. The van der Waals surface area contributed by atoms with Gasteiger partial charge in [0.05, 0.1) is 18.8 Å². The third kappa shape index (κ3) is 5.77. The van der Waals surface area contributed by atoms with Gasteiger partial charge in [-0.2, -0.15) is 13.2 Å². The number of carboxylic acid groups (broad SMARTS) is 1. The molecule has 0 radical (unpaired) electrons. The van der Waals surface area contributed by atoms with Gasteiger partial charge in [-0.1, -0.05) is 6.07 Å². The fraction of sp³-hybridized carbons (Fsp3) is 0.650. The number of carbonyl (C=O) groups is 1. The quantitative estimate of drug-likeness (QED) is 0.764. The van der Waals surface area contributed by atoms with E-state index in [9.17, 15) is 13.2 Å². The fourth-order valence-corrected chi connectivity index (χ4v) is 3.93. The zero-order valence-corrected chi connectivity index (χ0v) is 16.7. The number of hydrogen-bond donors (Lipinski definition) is 1. The standard InChI is InChI=1S/C18H25NO4.C2HF3O2/c1-2-20-11-14-4-5-15-16(23-14)7-8-19(15)10-13-3-6-17-18(9-13)22-12-21-17;3-2(4,5)1(6)7/h3,6,9,14-16H,2,4-5,7-8,10-12H2,1H3;(H,6,7)/t14-,15-,16-;/m0./s1. The minimum absolute atomic E-state index is 0.279. The van der Waals surface area contributed by atoms with Crippen molar-refractivity contribution in [3.05, 3.63) is 23.8 Å². The average molecular weight is 433 g/mol. The van der Waals surface area contributed by atoms with Crippen molar-refractivity contribution >= 4 is 5.97 Å². The van der Waals surface area contributed by atoms with Gasteiger partial charge in [0.1, 0.15) is 0 Å². The molecule has 1 N–H and O–H groups in total. The van der Waals surface area contributed by atoms with Crippen LogP contribution in [0.3, 0.4) is 0 Å². The lowest BCUT2D eigenvalue weighted by atomic mass is 9.99. The Morgan fingerprint density at radius 3 is 2.67 bits per heavy atom. The van der Waals surface area contributed by atoms with E-state index in [1.807, 2.05) is 13.0 Å². The Bertz CT molecular complexity index is 729. The van der Waals surface area contributed by atoms with Crippen molar-refractivity contribution in [2.75, 3.05) is 26.6 Å². The van der Waals surface area contributed by atoms with E-state index in [0.29, 0.717) is 18.9 Å². The molecule has 4 rings (SSSR count). The highest BCUT2D eigenvalue weighted by Crippen LogP contribution is 2.35. The van der Waals surface area contributed by atoms with E-state index in [1.165, 1.54) is 12.0 Å². The van der Waals surface area contributed by atoms with Crippen molar-refractivity contribution in [2.24, 2.45) is 0 Å². The lowest BCUT2D eigenvalue weighted by molar-refractivity contribution is -0.192. The molecule has 1 aromatic rings. The Balaban J connectivity index is 0.000000318. The van der Waals surface area contributed by atoms with E-state index in [0.717, 1.165) is 50.6 Å². The normalized spacial score (nSPS) is 25.4. The van der Waals surface area contributed by atoms with Gasteiger partial charge in [0, 0.05) is 25.7 Å². The van der Waals surface area contributed by atoms with Gasteiger partial charge in [0.25, 0.3) is 0 Å². The van der Waals surface area contributed by atoms with Crippen LogP contribution < -0.4 is 9.47 Å². The Hall–Kier alpha value is -2.04. The lowest BCUT2D eigenvalue weighted by Gasteiger charge is -2.36. The van der Waals surface area contributed by atoms with Crippen molar-refractivity contribution < 1.29 is 42.0 Å². The van der Waals surface area contributed by atoms with Gasteiger partial charge in [-0.3, -0.25) is 4.90 Å². The number of aliphatic carboxylic acids is 1. The van der Waals surface area contributed by atoms with Crippen molar-refractivity contribution in [1.29, 1.82) is 0 Å². The van der Waals surface area contributed by atoms with Gasteiger partial charge < -0.3 is 24.1 Å². The van der Waals surface area contributed by atoms with Crippen molar-refractivity contribution in [2.45, 2.75) is 57.2 Å². The molecule has 2 fully saturated rings. The molecular weight excluding hydrogens is 407 g/mol. The van der Waals surface area contributed by atoms with Crippen LogP contribution in [0.4, 0.5) is 13.2 Å². The molecule has 1 aromatic carbocycles. The van der Waals surface area contributed by atoms with Crippen LogP contribution >= 0.6 is 0 Å². The molecule has 3 aliphatic rings. The third-order valence-corrected chi connectivity index (χ3v) is 5.32. The molecule has 10 heteroatoms. The predicted octanol–water partition coefficient (Wildman–Crippen LogP) is 3.21. The first-order chi connectivity index (χ1) is 14.3. The largest absolute Gasteiger partial charge is 0.490 e. The summed E-state index contributed by atoms with van der Waals surface area (Å²) in [5.74, 6) is -1.03. The van der Waals surface area contributed by atoms with Crippen LogP contribution in [-0.2, 0) is 20.8 Å². The number of alkyl halides is 3. The van der Waals surface area contributed by atoms with Crippen LogP contribution in [0.25, 0.3) is 0 Å². The lowest BCUT2D eigenvalue weighted by Crippen LogP contribution is -2.43.